The summed E-state index contributed by atoms with van der Waals surface area (Å²) in [6.07, 6.45) is 3.93. The van der Waals surface area contributed by atoms with Crippen LogP contribution < -0.4 is 20.5 Å². The number of aryl methyl sites for hydroxylation is 1. The van der Waals surface area contributed by atoms with Gasteiger partial charge in [0.05, 0.1) is 27.2 Å². The number of hydrogen-bond acceptors (Lipinski definition) is 4. The van der Waals surface area contributed by atoms with E-state index in [-0.39, 0.29) is 35.2 Å². The van der Waals surface area contributed by atoms with E-state index in [2.05, 4.69) is 5.32 Å². The molecule has 7 nitrogen and oxygen atoms in total. The van der Waals surface area contributed by atoms with Gasteiger partial charge in [0.25, 0.3) is 5.91 Å². The molecule has 0 saturated carbocycles. The third-order valence-electron chi connectivity index (χ3n) is 6.39. The Morgan fingerprint density at radius 2 is 1.78 bits per heavy atom. The zero-order chi connectivity index (χ0) is 26.0. The topological polar surface area (TPSA) is 95.6 Å². The predicted octanol–water partition coefficient (Wildman–Crippen LogP) is 4.31. The van der Waals surface area contributed by atoms with E-state index in [1.165, 1.54) is 26.4 Å². The lowest BCUT2D eigenvalue weighted by Gasteiger charge is -2.13. The number of amides is 2. The van der Waals surface area contributed by atoms with Gasteiger partial charge in [0.2, 0.25) is 5.91 Å². The lowest BCUT2D eigenvalue weighted by Crippen LogP contribution is -2.23. The van der Waals surface area contributed by atoms with Crippen LogP contribution in [-0.2, 0) is 18.4 Å². The quantitative estimate of drug-likeness (QED) is 0.493. The Hall–Kier alpha value is -4.33. The molecule has 0 aliphatic heterocycles. The number of methoxy groups -OCH3 is 2. The van der Waals surface area contributed by atoms with Crippen LogP contribution in [0.4, 0.5) is 4.39 Å². The summed E-state index contributed by atoms with van der Waals surface area (Å²) in [6, 6.07) is 11.8. The first-order valence-corrected chi connectivity index (χ1v) is 11.4. The van der Waals surface area contributed by atoms with Gasteiger partial charge < -0.3 is 25.1 Å². The maximum absolute atomic E-state index is 14.2. The predicted molar refractivity (Wildman–Crippen MR) is 137 cm³/mol. The number of rotatable bonds is 8. The van der Waals surface area contributed by atoms with Gasteiger partial charge in [-0.15, -0.1) is 0 Å². The van der Waals surface area contributed by atoms with Gasteiger partial charge in [0, 0.05) is 18.9 Å². The van der Waals surface area contributed by atoms with Crippen LogP contribution in [0.1, 0.15) is 46.1 Å². The minimum Gasteiger partial charge on any atom is -0.496 e. The number of ether oxygens (including phenoxy) is 2. The first-order valence-electron chi connectivity index (χ1n) is 11.4. The van der Waals surface area contributed by atoms with Gasteiger partial charge in [-0.25, -0.2) is 4.39 Å². The molecule has 36 heavy (non-hydrogen) atoms. The van der Waals surface area contributed by atoms with E-state index in [9.17, 15) is 14.0 Å². The van der Waals surface area contributed by atoms with Gasteiger partial charge in [-0.3, -0.25) is 9.59 Å². The van der Waals surface area contributed by atoms with E-state index >= 15 is 0 Å². The van der Waals surface area contributed by atoms with Crippen LogP contribution in [0.15, 0.2) is 54.2 Å². The van der Waals surface area contributed by atoms with Gasteiger partial charge in [-0.1, -0.05) is 6.07 Å². The van der Waals surface area contributed by atoms with Crippen molar-refractivity contribution in [2.75, 3.05) is 14.2 Å². The lowest BCUT2D eigenvalue weighted by molar-refractivity contribution is -0.120. The molecular formula is C28H28FN3O4. The Bertz CT molecular complexity index is 1390. The molecule has 2 amide bonds. The van der Waals surface area contributed by atoms with Crippen molar-refractivity contribution in [2.24, 2.45) is 12.8 Å². The number of nitrogens with two attached hydrogens (primary N) is 1. The molecule has 1 aromatic heterocycles. The Labute approximate surface area is 209 Å². The third kappa shape index (κ3) is 4.75. The SMILES string of the molecule is COc1cc(/C=C2/C(C)=C(CC(=O)NCc3cccn3C)c3cc(F)ccc32)cc(OC)c1C(N)=O. The maximum atomic E-state index is 14.2. The number of allylic oxidation sites excluding steroid dienone is 2. The van der Waals surface area contributed by atoms with Crippen molar-refractivity contribution in [1.82, 2.24) is 9.88 Å². The number of primary amides is 1. The maximum Gasteiger partial charge on any atom is 0.256 e. The van der Waals surface area contributed by atoms with E-state index in [1.807, 2.05) is 42.9 Å². The van der Waals surface area contributed by atoms with Gasteiger partial charge in [0.15, 0.2) is 0 Å². The van der Waals surface area contributed by atoms with Crippen molar-refractivity contribution in [1.29, 1.82) is 0 Å². The number of carbonyl (C=O) groups excluding carboxylic acids is 2. The van der Waals surface area contributed by atoms with Crippen molar-refractivity contribution in [3.8, 4) is 11.5 Å². The van der Waals surface area contributed by atoms with Crippen LogP contribution in [0.3, 0.4) is 0 Å². The molecule has 0 saturated heterocycles. The van der Waals surface area contributed by atoms with Gasteiger partial charge >= 0.3 is 0 Å². The third-order valence-corrected chi connectivity index (χ3v) is 6.39. The molecule has 1 aliphatic rings. The second-order valence-electron chi connectivity index (χ2n) is 8.58. The molecule has 8 heteroatoms. The first-order chi connectivity index (χ1) is 17.2. The molecule has 0 unspecified atom stereocenters. The van der Waals surface area contributed by atoms with Gasteiger partial charge in [-0.2, -0.15) is 0 Å². The van der Waals surface area contributed by atoms with Crippen molar-refractivity contribution in [3.63, 3.8) is 0 Å². The van der Waals surface area contributed by atoms with Crippen molar-refractivity contribution < 1.29 is 23.5 Å². The van der Waals surface area contributed by atoms with Gasteiger partial charge in [-0.05, 0) is 82.8 Å². The fourth-order valence-corrected chi connectivity index (χ4v) is 4.50. The Morgan fingerprint density at radius 1 is 1.08 bits per heavy atom. The molecule has 0 spiro atoms. The summed E-state index contributed by atoms with van der Waals surface area (Å²) in [6.45, 7) is 2.31. The van der Waals surface area contributed by atoms with Crippen molar-refractivity contribution >= 4 is 29.0 Å². The highest BCUT2D eigenvalue weighted by Gasteiger charge is 2.26. The highest BCUT2D eigenvalue weighted by molar-refractivity contribution is 6.08. The number of benzene rings is 2. The second kappa shape index (κ2) is 10.1. The van der Waals surface area contributed by atoms with Gasteiger partial charge in [0.1, 0.15) is 22.9 Å². The molecule has 1 aliphatic carbocycles. The fourth-order valence-electron chi connectivity index (χ4n) is 4.50. The summed E-state index contributed by atoms with van der Waals surface area (Å²) in [5, 5.41) is 2.95. The number of nitrogens with one attached hydrogen (secondary N) is 1. The molecule has 186 valence electrons. The van der Waals surface area contributed by atoms with E-state index < -0.39 is 5.91 Å². The Morgan fingerprint density at radius 3 is 2.36 bits per heavy atom. The zero-order valence-electron chi connectivity index (χ0n) is 20.6. The standard InChI is InChI=1S/C28H28FN3O4/c1-16-21(10-17-11-24(35-3)27(28(30)34)25(12-17)36-4)20-8-7-18(29)13-23(20)22(16)14-26(33)31-15-19-6-5-9-32(19)2/h5-13H,14-15H2,1-4H3,(H2,30,34)(H,31,33)/b21-10-. The molecule has 0 bridgehead atoms. The van der Waals surface area contributed by atoms with E-state index in [0.29, 0.717) is 17.7 Å². The van der Waals surface area contributed by atoms with Crippen LogP contribution in [0.2, 0.25) is 0 Å². The van der Waals surface area contributed by atoms with Crippen LogP contribution in [0.25, 0.3) is 17.2 Å². The number of carbonyl (C=O) groups is 2. The minimum atomic E-state index is -0.663. The average molecular weight is 490 g/mol. The Balaban J connectivity index is 1.72. The molecule has 0 atom stereocenters. The highest BCUT2D eigenvalue weighted by Crippen LogP contribution is 2.44. The van der Waals surface area contributed by atoms with Crippen LogP contribution in [0.5, 0.6) is 11.5 Å². The van der Waals surface area contributed by atoms with E-state index in [1.54, 1.807) is 18.2 Å². The van der Waals surface area contributed by atoms with Crippen LogP contribution >= 0.6 is 0 Å². The number of fused-ring (bicyclic) bond motifs is 1. The molecule has 2 aromatic carbocycles. The summed E-state index contributed by atoms with van der Waals surface area (Å²) >= 11 is 0. The summed E-state index contributed by atoms with van der Waals surface area (Å²) in [5.74, 6) is -0.625. The number of nitrogens with zero attached hydrogens (tertiary/aromatic N) is 1. The number of hydrogen-bond donors (Lipinski definition) is 2. The largest absolute Gasteiger partial charge is 0.496 e. The minimum absolute atomic E-state index is 0.108. The molecule has 0 fully saturated rings. The van der Waals surface area contributed by atoms with E-state index in [4.69, 9.17) is 15.2 Å². The summed E-state index contributed by atoms with van der Waals surface area (Å²) in [5.41, 5.74) is 11.3. The van der Waals surface area contributed by atoms with Crippen LogP contribution in [0, 0.1) is 5.82 Å². The summed E-state index contributed by atoms with van der Waals surface area (Å²) < 4.78 is 26.9. The monoisotopic (exact) mass is 489 g/mol. The number of halogens is 1. The molecule has 0 radical (unpaired) electrons. The fraction of sp³-hybridized carbons (Fsp3) is 0.214. The van der Waals surface area contributed by atoms with Crippen molar-refractivity contribution in [3.05, 3.63) is 88.0 Å². The van der Waals surface area contributed by atoms with Crippen LogP contribution in [-0.4, -0.2) is 30.6 Å². The molecule has 1 heterocycles. The highest BCUT2D eigenvalue weighted by atomic mass is 19.1. The normalized spacial score (nSPS) is 13.6. The number of aromatic nitrogens is 1. The molecule has 3 aromatic rings. The second-order valence-corrected chi connectivity index (χ2v) is 8.58. The summed E-state index contributed by atoms with van der Waals surface area (Å²) in [4.78, 5) is 24.8. The zero-order valence-corrected chi connectivity index (χ0v) is 20.6. The first kappa shape index (κ1) is 24.8. The molecular weight excluding hydrogens is 461 g/mol. The Kier molecular flexibility index (Phi) is 6.96. The lowest BCUT2D eigenvalue weighted by atomic mass is 9.99. The van der Waals surface area contributed by atoms with Crippen molar-refractivity contribution in [2.45, 2.75) is 19.9 Å². The van der Waals surface area contributed by atoms with E-state index in [0.717, 1.165) is 28.0 Å². The molecule has 3 N–H and O–H groups in total. The average Bonchev–Trinajstić information content (AvgIpc) is 3.37. The summed E-state index contributed by atoms with van der Waals surface area (Å²) in [7, 11) is 4.81. The smallest absolute Gasteiger partial charge is 0.256 e. The molecule has 4 rings (SSSR count).